The summed E-state index contributed by atoms with van der Waals surface area (Å²) in [6.07, 6.45) is 0. The van der Waals surface area contributed by atoms with E-state index >= 15 is 0 Å². The smallest absolute Gasteiger partial charge is 0.0726 e. The van der Waals surface area contributed by atoms with Crippen LogP contribution in [0.15, 0.2) is 291 Å². The largest absolute Gasteiger partial charge is 0.311 e. The molecule has 0 heterocycles. The van der Waals surface area contributed by atoms with Crippen LogP contribution >= 0.6 is 0 Å². The van der Waals surface area contributed by atoms with Crippen LogP contribution < -0.4 is 9.80 Å². The standard InChI is InChI=1S/C71H48N2/c1-4-18-49(19-5-1)50-32-38-55(39-33-50)72(53-20-6-2-7-21-53)56-40-34-51(35-41-56)59-46-47-60(62-25-11-10-24-61(59)62)52-36-42-57(43-37-52)73(54-22-8-3-9-23-54)58-44-45-66-65-28-14-17-31-69(65)71(70(66)48-58)67-29-15-12-26-63(67)64-27-13-16-30-68(64)71/h1-48H. The molecule has 0 fully saturated rings. The number of benzene rings is 12. The van der Waals surface area contributed by atoms with Gasteiger partial charge in [-0.2, -0.15) is 0 Å². The molecule has 0 atom stereocenters. The molecule has 2 aliphatic rings. The predicted molar refractivity (Wildman–Crippen MR) is 306 cm³/mol. The lowest BCUT2D eigenvalue weighted by Gasteiger charge is -2.32. The number of para-hydroxylation sites is 2. The third kappa shape index (κ3) is 6.87. The maximum atomic E-state index is 2.47. The predicted octanol–water partition coefficient (Wildman–Crippen LogP) is 19.1. The van der Waals surface area contributed by atoms with Crippen LogP contribution in [-0.2, 0) is 5.41 Å². The van der Waals surface area contributed by atoms with Crippen LogP contribution in [0.4, 0.5) is 34.1 Å². The van der Waals surface area contributed by atoms with Crippen molar-refractivity contribution in [2.24, 2.45) is 0 Å². The molecular formula is C71H48N2. The second kappa shape index (κ2) is 17.4. The zero-order valence-corrected chi connectivity index (χ0v) is 40.1. The monoisotopic (exact) mass is 928 g/mol. The number of rotatable bonds is 9. The summed E-state index contributed by atoms with van der Waals surface area (Å²) in [4.78, 5) is 4.74. The molecule has 2 aliphatic carbocycles. The Hall–Kier alpha value is -9.50. The maximum absolute atomic E-state index is 2.47. The second-order valence-corrected chi connectivity index (χ2v) is 19.2. The molecule has 0 bridgehead atoms. The van der Waals surface area contributed by atoms with Crippen LogP contribution in [0, 0.1) is 0 Å². The lowest BCUT2D eigenvalue weighted by atomic mass is 9.70. The summed E-state index contributed by atoms with van der Waals surface area (Å²) in [5.74, 6) is 0. The zero-order chi connectivity index (χ0) is 48.3. The zero-order valence-electron chi connectivity index (χ0n) is 40.1. The molecule has 14 rings (SSSR count). The average molecular weight is 929 g/mol. The van der Waals surface area contributed by atoms with Gasteiger partial charge in [-0.1, -0.05) is 218 Å². The number of anilines is 6. The Morgan fingerprint density at radius 2 is 0.493 bits per heavy atom. The maximum Gasteiger partial charge on any atom is 0.0726 e. The number of hydrogen-bond acceptors (Lipinski definition) is 2. The summed E-state index contributed by atoms with van der Waals surface area (Å²) in [7, 11) is 0. The van der Waals surface area contributed by atoms with Crippen molar-refractivity contribution < 1.29 is 0 Å². The Kier molecular flexibility index (Phi) is 10.1. The molecule has 0 aliphatic heterocycles. The molecule has 0 unspecified atom stereocenters. The van der Waals surface area contributed by atoms with Gasteiger partial charge in [0.15, 0.2) is 0 Å². The van der Waals surface area contributed by atoms with Gasteiger partial charge in [0.25, 0.3) is 0 Å². The van der Waals surface area contributed by atoms with E-state index in [1.165, 1.54) is 88.7 Å². The van der Waals surface area contributed by atoms with Crippen molar-refractivity contribution in [3.63, 3.8) is 0 Å². The highest BCUT2D eigenvalue weighted by Gasteiger charge is 2.51. The lowest BCUT2D eigenvalue weighted by Crippen LogP contribution is -2.26. The van der Waals surface area contributed by atoms with E-state index < -0.39 is 5.41 Å². The van der Waals surface area contributed by atoms with Crippen molar-refractivity contribution in [3.05, 3.63) is 313 Å². The molecule has 2 nitrogen and oxygen atoms in total. The van der Waals surface area contributed by atoms with Gasteiger partial charge in [0, 0.05) is 34.1 Å². The molecule has 0 amide bonds. The molecule has 2 heteroatoms. The van der Waals surface area contributed by atoms with Gasteiger partial charge in [0.1, 0.15) is 0 Å². The fourth-order valence-corrected chi connectivity index (χ4v) is 12.1. The summed E-state index contributed by atoms with van der Waals surface area (Å²) in [5, 5.41) is 2.45. The van der Waals surface area contributed by atoms with Crippen LogP contribution in [0.3, 0.4) is 0 Å². The van der Waals surface area contributed by atoms with E-state index in [1.54, 1.807) is 0 Å². The van der Waals surface area contributed by atoms with Gasteiger partial charge in [0.05, 0.1) is 5.41 Å². The fraction of sp³-hybridized carbons (Fsp3) is 0.0141. The Labute approximate surface area is 427 Å². The first-order valence-corrected chi connectivity index (χ1v) is 25.2. The normalized spacial score (nSPS) is 12.5. The van der Waals surface area contributed by atoms with Crippen molar-refractivity contribution in [3.8, 4) is 55.6 Å². The van der Waals surface area contributed by atoms with Gasteiger partial charge >= 0.3 is 0 Å². The molecule has 12 aromatic carbocycles. The topological polar surface area (TPSA) is 6.48 Å². The molecule has 0 saturated heterocycles. The molecule has 1 spiro atoms. The van der Waals surface area contributed by atoms with E-state index in [0.717, 1.165) is 34.1 Å². The highest BCUT2D eigenvalue weighted by Crippen LogP contribution is 2.63. The molecule has 0 radical (unpaired) electrons. The van der Waals surface area contributed by atoms with Crippen LogP contribution in [-0.4, -0.2) is 0 Å². The summed E-state index contributed by atoms with van der Waals surface area (Å²) in [5.41, 5.74) is 24.0. The number of nitrogens with zero attached hydrogens (tertiary/aromatic N) is 2. The van der Waals surface area contributed by atoms with E-state index in [4.69, 9.17) is 0 Å². The SMILES string of the molecule is c1ccc(-c2ccc(N(c3ccccc3)c3ccc(-c4ccc(-c5ccc(N(c6ccccc6)c6ccc7c(c6)C6(c8ccccc8-c8ccccc86)c6ccccc6-7)cc5)c5ccccc45)cc3)cc2)cc1. The second-order valence-electron chi connectivity index (χ2n) is 19.2. The quantitative estimate of drug-likeness (QED) is 0.142. The van der Waals surface area contributed by atoms with Crippen molar-refractivity contribution in [2.75, 3.05) is 9.80 Å². The Morgan fingerprint density at radius 3 is 0.945 bits per heavy atom. The summed E-state index contributed by atoms with van der Waals surface area (Å²) >= 11 is 0. The molecule has 0 N–H and O–H groups in total. The van der Waals surface area contributed by atoms with E-state index in [-0.39, 0.29) is 0 Å². The highest BCUT2D eigenvalue weighted by molar-refractivity contribution is 6.05. The minimum atomic E-state index is -0.422. The van der Waals surface area contributed by atoms with Gasteiger partial charge in [-0.3, -0.25) is 0 Å². The van der Waals surface area contributed by atoms with E-state index in [2.05, 4.69) is 301 Å². The fourth-order valence-electron chi connectivity index (χ4n) is 12.1. The third-order valence-corrected chi connectivity index (χ3v) is 15.3. The van der Waals surface area contributed by atoms with Crippen molar-refractivity contribution >= 4 is 44.9 Å². The first kappa shape index (κ1) is 42.4. The molecular weight excluding hydrogens is 881 g/mol. The van der Waals surface area contributed by atoms with Crippen molar-refractivity contribution in [1.82, 2.24) is 0 Å². The van der Waals surface area contributed by atoms with E-state index in [1.807, 2.05) is 0 Å². The molecule has 342 valence electrons. The van der Waals surface area contributed by atoms with Gasteiger partial charge in [-0.05, 0) is 161 Å². The first-order valence-electron chi connectivity index (χ1n) is 25.2. The lowest BCUT2D eigenvalue weighted by molar-refractivity contribution is 0.793. The molecule has 0 saturated carbocycles. The summed E-state index contributed by atoms with van der Waals surface area (Å²) in [6, 6.07) is 107. The van der Waals surface area contributed by atoms with Gasteiger partial charge in [0.2, 0.25) is 0 Å². The van der Waals surface area contributed by atoms with Gasteiger partial charge < -0.3 is 9.80 Å². The Morgan fingerprint density at radius 1 is 0.192 bits per heavy atom. The van der Waals surface area contributed by atoms with Crippen LogP contribution in [0.1, 0.15) is 22.3 Å². The third-order valence-electron chi connectivity index (χ3n) is 15.3. The van der Waals surface area contributed by atoms with Gasteiger partial charge in [-0.25, -0.2) is 0 Å². The number of fused-ring (bicyclic) bond motifs is 11. The molecule has 12 aromatic rings. The van der Waals surface area contributed by atoms with Crippen LogP contribution in [0.5, 0.6) is 0 Å². The Balaban J connectivity index is 0.818. The average Bonchev–Trinajstić information content (AvgIpc) is 3.94. The van der Waals surface area contributed by atoms with Crippen LogP contribution in [0.25, 0.3) is 66.4 Å². The van der Waals surface area contributed by atoms with Crippen molar-refractivity contribution in [2.45, 2.75) is 5.41 Å². The minimum absolute atomic E-state index is 0.422. The summed E-state index contributed by atoms with van der Waals surface area (Å²) < 4.78 is 0. The minimum Gasteiger partial charge on any atom is -0.311 e. The highest BCUT2D eigenvalue weighted by atomic mass is 15.1. The van der Waals surface area contributed by atoms with E-state index in [9.17, 15) is 0 Å². The molecule has 73 heavy (non-hydrogen) atoms. The van der Waals surface area contributed by atoms with E-state index in [0.29, 0.717) is 0 Å². The van der Waals surface area contributed by atoms with Gasteiger partial charge in [-0.15, -0.1) is 0 Å². The van der Waals surface area contributed by atoms with Crippen LogP contribution in [0.2, 0.25) is 0 Å². The summed E-state index contributed by atoms with van der Waals surface area (Å²) in [6.45, 7) is 0. The number of hydrogen-bond donors (Lipinski definition) is 0. The first-order chi connectivity index (χ1) is 36.2. The Bertz CT molecular complexity index is 3930. The van der Waals surface area contributed by atoms with Crippen molar-refractivity contribution in [1.29, 1.82) is 0 Å². The molecule has 0 aromatic heterocycles.